The molecule has 4 heteroatoms. The van der Waals surface area contributed by atoms with E-state index in [0.717, 1.165) is 21.9 Å². The Balaban J connectivity index is 1.62. The highest BCUT2D eigenvalue weighted by Crippen LogP contribution is 2.33. The zero-order valence-corrected chi connectivity index (χ0v) is 15.1. The van der Waals surface area contributed by atoms with Gasteiger partial charge in [0.25, 0.3) is 5.91 Å². The molecule has 0 spiro atoms. The molecule has 4 nitrogen and oxygen atoms in total. The van der Waals surface area contributed by atoms with Crippen molar-refractivity contribution in [2.24, 2.45) is 0 Å². The van der Waals surface area contributed by atoms with Gasteiger partial charge in [-0.1, -0.05) is 84.9 Å². The Bertz CT molecular complexity index is 1040. The molecule has 0 aromatic heterocycles. The molecule has 3 aromatic rings. The summed E-state index contributed by atoms with van der Waals surface area (Å²) in [6.07, 6.45) is 3.75. The molecule has 4 rings (SSSR count). The summed E-state index contributed by atoms with van der Waals surface area (Å²) in [5.41, 5.74) is 0.772. The molecular weight excluding hydrogens is 336 g/mol. The van der Waals surface area contributed by atoms with Gasteiger partial charge in [0.05, 0.1) is 0 Å². The molecule has 0 bridgehead atoms. The van der Waals surface area contributed by atoms with Crippen molar-refractivity contribution in [3.8, 4) is 0 Å². The van der Waals surface area contributed by atoms with E-state index in [2.05, 4.69) is 5.32 Å². The number of nitrogens with zero attached hydrogens (tertiary/aromatic N) is 1. The minimum absolute atomic E-state index is 0.235. The van der Waals surface area contributed by atoms with E-state index in [9.17, 15) is 9.59 Å². The van der Waals surface area contributed by atoms with E-state index < -0.39 is 5.54 Å². The summed E-state index contributed by atoms with van der Waals surface area (Å²) in [4.78, 5) is 26.9. The predicted molar refractivity (Wildman–Crippen MR) is 107 cm³/mol. The van der Waals surface area contributed by atoms with Gasteiger partial charge in [0.2, 0.25) is 0 Å². The molecule has 3 amide bonds. The summed E-state index contributed by atoms with van der Waals surface area (Å²) < 4.78 is 0. The SMILES string of the molecule is C[C@]1(c2cccc3ccccc23)NC(=O)N(C/C=C/c2ccccc2)C1=O. The monoisotopic (exact) mass is 356 g/mol. The maximum Gasteiger partial charge on any atom is 0.325 e. The Morgan fingerprint density at radius 3 is 2.44 bits per heavy atom. The third-order valence-corrected chi connectivity index (χ3v) is 5.00. The Hall–Kier alpha value is -3.40. The summed E-state index contributed by atoms with van der Waals surface area (Å²) in [5, 5.41) is 4.90. The summed E-state index contributed by atoms with van der Waals surface area (Å²) in [6.45, 7) is 2.01. The van der Waals surface area contributed by atoms with Gasteiger partial charge in [-0.25, -0.2) is 4.79 Å². The molecule has 0 radical (unpaired) electrons. The van der Waals surface area contributed by atoms with Crippen LogP contribution in [0, 0.1) is 0 Å². The lowest BCUT2D eigenvalue weighted by Crippen LogP contribution is -2.41. The van der Waals surface area contributed by atoms with Crippen LogP contribution < -0.4 is 5.32 Å². The van der Waals surface area contributed by atoms with Crippen molar-refractivity contribution in [2.75, 3.05) is 6.54 Å². The van der Waals surface area contributed by atoms with Gasteiger partial charge in [0.15, 0.2) is 0 Å². The fourth-order valence-corrected chi connectivity index (χ4v) is 3.57. The molecular formula is C23H20N2O2. The Labute approximate surface area is 158 Å². The molecule has 1 atom stereocenters. The molecule has 1 heterocycles. The molecule has 1 N–H and O–H groups in total. The van der Waals surface area contributed by atoms with Crippen LogP contribution in [0.2, 0.25) is 0 Å². The van der Waals surface area contributed by atoms with Crippen molar-refractivity contribution in [3.63, 3.8) is 0 Å². The molecule has 1 fully saturated rings. The maximum atomic E-state index is 13.1. The van der Waals surface area contributed by atoms with Crippen molar-refractivity contribution in [1.29, 1.82) is 0 Å². The fourth-order valence-electron chi connectivity index (χ4n) is 3.57. The number of carbonyl (C=O) groups is 2. The highest BCUT2D eigenvalue weighted by Gasteiger charge is 2.49. The van der Waals surface area contributed by atoms with Crippen LogP contribution in [0.15, 0.2) is 78.9 Å². The summed E-state index contributed by atoms with van der Waals surface area (Å²) in [7, 11) is 0. The second kappa shape index (κ2) is 6.72. The first-order chi connectivity index (χ1) is 13.1. The smallest absolute Gasteiger partial charge is 0.319 e. The number of nitrogens with one attached hydrogen (secondary N) is 1. The first-order valence-electron chi connectivity index (χ1n) is 8.93. The summed E-state index contributed by atoms with van der Waals surface area (Å²) in [5.74, 6) is -0.235. The average Bonchev–Trinajstić information content (AvgIpc) is 2.92. The number of imide groups is 1. The molecule has 1 saturated heterocycles. The summed E-state index contributed by atoms with van der Waals surface area (Å²) in [6, 6.07) is 23.1. The van der Waals surface area contributed by atoms with Gasteiger partial charge in [-0.05, 0) is 28.8 Å². The number of benzene rings is 3. The van der Waals surface area contributed by atoms with Crippen molar-refractivity contribution < 1.29 is 9.59 Å². The van der Waals surface area contributed by atoms with Gasteiger partial charge in [-0.2, -0.15) is 0 Å². The Morgan fingerprint density at radius 1 is 0.926 bits per heavy atom. The lowest BCUT2D eigenvalue weighted by molar-refractivity contribution is -0.130. The zero-order chi connectivity index (χ0) is 18.9. The van der Waals surface area contributed by atoms with E-state index in [4.69, 9.17) is 0 Å². The summed E-state index contributed by atoms with van der Waals surface area (Å²) >= 11 is 0. The van der Waals surface area contributed by atoms with Crippen LogP contribution in [0.5, 0.6) is 0 Å². The number of hydrogen-bond acceptors (Lipinski definition) is 2. The lowest BCUT2D eigenvalue weighted by atomic mass is 9.88. The van der Waals surface area contributed by atoms with Gasteiger partial charge in [0, 0.05) is 6.54 Å². The van der Waals surface area contributed by atoms with Gasteiger partial charge in [-0.15, -0.1) is 0 Å². The van der Waals surface area contributed by atoms with Crippen LogP contribution in [-0.2, 0) is 10.3 Å². The molecule has 27 heavy (non-hydrogen) atoms. The van der Waals surface area contributed by atoms with Gasteiger partial charge < -0.3 is 5.32 Å². The second-order valence-electron chi connectivity index (χ2n) is 6.81. The first-order valence-corrected chi connectivity index (χ1v) is 8.93. The lowest BCUT2D eigenvalue weighted by Gasteiger charge is -2.23. The van der Waals surface area contributed by atoms with Crippen LogP contribution in [0.4, 0.5) is 4.79 Å². The van der Waals surface area contributed by atoms with E-state index in [-0.39, 0.29) is 18.5 Å². The maximum absolute atomic E-state index is 13.1. The molecule has 134 valence electrons. The molecule has 0 aliphatic carbocycles. The average molecular weight is 356 g/mol. The Morgan fingerprint density at radius 2 is 1.63 bits per heavy atom. The van der Waals surface area contributed by atoms with E-state index in [0.29, 0.717) is 0 Å². The van der Waals surface area contributed by atoms with Crippen LogP contribution in [-0.4, -0.2) is 23.4 Å². The third kappa shape index (κ3) is 2.99. The van der Waals surface area contributed by atoms with Crippen molar-refractivity contribution in [2.45, 2.75) is 12.5 Å². The van der Waals surface area contributed by atoms with Crippen LogP contribution >= 0.6 is 0 Å². The fraction of sp³-hybridized carbons (Fsp3) is 0.130. The van der Waals surface area contributed by atoms with Gasteiger partial charge in [0.1, 0.15) is 5.54 Å². The molecule has 3 aromatic carbocycles. The van der Waals surface area contributed by atoms with E-state index in [1.165, 1.54) is 4.90 Å². The third-order valence-electron chi connectivity index (χ3n) is 5.00. The first kappa shape index (κ1) is 17.0. The van der Waals surface area contributed by atoms with Crippen molar-refractivity contribution in [3.05, 3.63) is 90.0 Å². The minimum Gasteiger partial charge on any atom is -0.319 e. The van der Waals surface area contributed by atoms with E-state index in [1.807, 2.05) is 84.9 Å². The predicted octanol–water partition coefficient (Wildman–Crippen LogP) is 4.32. The normalized spacial score (nSPS) is 19.8. The van der Waals surface area contributed by atoms with Crippen LogP contribution in [0.1, 0.15) is 18.1 Å². The zero-order valence-electron chi connectivity index (χ0n) is 15.1. The number of urea groups is 1. The number of amides is 3. The quantitative estimate of drug-likeness (QED) is 0.708. The topological polar surface area (TPSA) is 49.4 Å². The van der Waals surface area contributed by atoms with Gasteiger partial charge in [-0.3, -0.25) is 9.69 Å². The largest absolute Gasteiger partial charge is 0.325 e. The number of carbonyl (C=O) groups excluding carboxylic acids is 2. The van der Waals surface area contributed by atoms with Crippen molar-refractivity contribution in [1.82, 2.24) is 10.2 Å². The second-order valence-corrected chi connectivity index (χ2v) is 6.81. The van der Waals surface area contributed by atoms with Crippen LogP contribution in [0.25, 0.3) is 16.8 Å². The molecule has 1 aliphatic heterocycles. The molecule has 0 saturated carbocycles. The number of rotatable bonds is 4. The van der Waals surface area contributed by atoms with Crippen LogP contribution in [0.3, 0.4) is 0 Å². The van der Waals surface area contributed by atoms with Crippen molar-refractivity contribution >= 4 is 28.8 Å². The standard InChI is InChI=1S/C23H20N2O2/c1-23(20-15-7-13-18-12-5-6-14-19(18)20)21(26)25(22(27)24-23)16-8-11-17-9-3-2-4-10-17/h2-15H,16H2,1H3,(H,24,27)/b11-8+/t23-/m1/s1. The van der Waals surface area contributed by atoms with E-state index in [1.54, 1.807) is 6.92 Å². The highest BCUT2D eigenvalue weighted by molar-refractivity contribution is 6.09. The Kier molecular flexibility index (Phi) is 4.24. The molecule has 0 unspecified atom stereocenters. The number of fused-ring (bicyclic) bond motifs is 1. The van der Waals surface area contributed by atoms with Gasteiger partial charge >= 0.3 is 6.03 Å². The van der Waals surface area contributed by atoms with E-state index >= 15 is 0 Å². The minimum atomic E-state index is -1.07. The number of hydrogen-bond donors (Lipinski definition) is 1. The molecule has 1 aliphatic rings. The highest BCUT2D eigenvalue weighted by atomic mass is 16.2.